The van der Waals surface area contributed by atoms with Crippen molar-refractivity contribution in [3.63, 3.8) is 0 Å². The molecule has 8 heteroatoms. The molecule has 1 heterocycles. The average molecular weight is 464 g/mol. The van der Waals surface area contributed by atoms with Crippen LogP contribution in [0.1, 0.15) is 73.4 Å². The zero-order chi connectivity index (χ0) is 25.2. The summed E-state index contributed by atoms with van der Waals surface area (Å²) < 4.78 is 5.29. The largest absolute Gasteiger partial charge is 0.444 e. The van der Waals surface area contributed by atoms with E-state index in [1.54, 1.807) is 39.1 Å². The molecule has 1 rings (SSSR count). The third-order valence-corrected chi connectivity index (χ3v) is 5.24. The van der Waals surface area contributed by atoms with Gasteiger partial charge < -0.3 is 20.5 Å². The number of amides is 2. The van der Waals surface area contributed by atoms with Gasteiger partial charge in [-0.1, -0.05) is 40.2 Å². The molecule has 4 atom stereocenters. The van der Waals surface area contributed by atoms with Gasteiger partial charge in [0.15, 0.2) is 5.78 Å². The van der Waals surface area contributed by atoms with E-state index in [2.05, 4.69) is 15.6 Å². The third kappa shape index (κ3) is 11.3. The molecule has 1 aromatic rings. The second kappa shape index (κ2) is 13.3. The molecule has 33 heavy (non-hydrogen) atoms. The van der Waals surface area contributed by atoms with Gasteiger partial charge in [-0.3, -0.25) is 14.6 Å². The summed E-state index contributed by atoms with van der Waals surface area (Å²) in [7, 11) is 0. The first-order valence-corrected chi connectivity index (χ1v) is 11.7. The van der Waals surface area contributed by atoms with Gasteiger partial charge in [-0.2, -0.15) is 0 Å². The number of nitrogens with one attached hydrogen (secondary N) is 2. The maximum Gasteiger partial charge on any atom is 0.407 e. The molecule has 0 saturated heterocycles. The quantitative estimate of drug-likeness (QED) is 0.437. The highest BCUT2D eigenvalue weighted by atomic mass is 16.6. The molecule has 0 unspecified atom stereocenters. The number of carbonyl (C=O) groups excluding carboxylic acids is 3. The lowest BCUT2D eigenvalue weighted by Gasteiger charge is -2.28. The number of nitrogens with zero attached hydrogens (tertiary/aromatic N) is 1. The fourth-order valence-electron chi connectivity index (χ4n) is 3.41. The zero-order valence-electron chi connectivity index (χ0n) is 21.1. The molecule has 186 valence electrons. The number of aliphatic hydroxyl groups excluding tert-OH is 1. The van der Waals surface area contributed by atoms with Crippen molar-refractivity contribution in [3.8, 4) is 0 Å². The van der Waals surface area contributed by atoms with Crippen molar-refractivity contribution in [2.24, 2.45) is 11.8 Å². The number of alkyl carbamates (subject to hydrolysis) is 1. The number of aliphatic hydroxyl groups is 1. The normalized spacial score (nSPS) is 15.3. The Morgan fingerprint density at radius 1 is 1.12 bits per heavy atom. The molecule has 3 N–H and O–H groups in total. The summed E-state index contributed by atoms with van der Waals surface area (Å²) in [5.41, 5.74) is -0.0321. The highest BCUT2D eigenvalue weighted by Crippen LogP contribution is 2.15. The monoisotopic (exact) mass is 463 g/mol. The van der Waals surface area contributed by atoms with E-state index in [1.807, 2.05) is 33.8 Å². The summed E-state index contributed by atoms with van der Waals surface area (Å²) >= 11 is 0. The van der Waals surface area contributed by atoms with E-state index in [0.29, 0.717) is 18.5 Å². The lowest BCUT2D eigenvalue weighted by Crippen LogP contribution is -2.50. The number of carbonyl (C=O) groups is 3. The number of Topliss-reactive ketones (excluding diaryl/α,β-unsaturated/α-hetero) is 1. The van der Waals surface area contributed by atoms with Crippen molar-refractivity contribution in [1.29, 1.82) is 0 Å². The van der Waals surface area contributed by atoms with E-state index in [9.17, 15) is 19.5 Å². The molecule has 0 radical (unpaired) electrons. The minimum atomic E-state index is -1.12. The van der Waals surface area contributed by atoms with Crippen LogP contribution >= 0.6 is 0 Å². The molecule has 0 bridgehead atoms. The van der Waals surface area contributed by atoms with Crippen LogP contribution in [0.15, 0.2) is 24.4 Å². The second-order valence-corrected chi connectivity index (χ2v) is 10.0. The van der Waals surface area contributed by atoms with Gasteiger partial charge in [0.1, 0.15) is 5.60 Å². The molecule has 1 aromatic heterocycles. The molecule has 8 nitrogen and oxygen atoms in total. The predicted octanol–water partition coefficient (Wildman–Crippen LogP) is 3.41. The van der Waals surface area contributed by atoms with Gasteiger partial charge in [0, 0.05) is 11.9 Å². The first-order chi connectivity index (χ1) is 15.3. The van der Waals surface area contributed by atoms with Crippen LogP contribution in [0.25, 0.3) is 0 Å². The van der Waals surface area contributed by atoms with Gasteiger partial charge >= 0.3 is 6.09 Å². The second-order valence-electron chi connectivity index (χ2n) is 10.0. The van der Waals surface area contributed by atoms with Crippen molar-refractivity contribution in [1.82, 2.24) is 15.6 Å². The van der Waals surface area contributed by atoms with Gasteiger partial charge in [0.25, 0.3) is 0 Å². The SMILES string of the molecule is CC[C@H](C)[C@H](NC(=O)C[C@H](O)[C@H](CC(C)C)NC(=O)OC(C)(C)C)C(=O)Cc1ccccn1. The van der Waals surface area contributed by atoms with Crippen LogP contribution in [0.5, 0.6) is 0 Å². The van der Waals surface area contributed by atoms with Crippen molar-refractivity contribution in [2.75, 3.05) is 0 Å². The molecule has 0 saturated carbocycles. The standard InChI is InChI=1S/C25H41N3O5/c1-8-17(4)23(21(30)14-18-11-9-10-12-26-18)28-22(31)15-20(29)19(13-16(2)3)27-24(32)33-25(5,6)7/h9-12,16-17,19-20,23,29H,8,13-15H2,1-7H3,(H,27,32)(H,28,31)/t17-,19-,20-,23-/m0/s1. The van der Waals surface area contributed by atoms with E-state index in [-0.39, 0.29) is 30.5 Å². The van der Waals surface area contributed by atoms with Crippen LogP contribution < -0.4 is 10.6 Å². The Morgan fingerprint density at radius 2 is 1.79 bits per heavy atom. The third-order valence-electron chi connectivity index (χ3n) is 5.24. The fourth-order valence-corrected chi connectivity index (χ4v) is 3.41. The summed E-state index contributed by atoms with van der Waals surface area (Å²) in [5.74, 6) is -0.470. The van der Waals surface area contributed by atoms with E-state index in [0.717, 1.165) is 0 Å². The smallest absolute Gasteiger partial charge is 0.407 e. The van der Waals surface area contributed by atoms with Crippen LogP contribution in [0, 0.1) is 11.8 Å². The predicted molar refractivity (Wildman–Crippen MR) is 128 cm³/mol. The summed E-state index contributed by atoms with van der Waals surface area (Å²) in [6, 6.07) is 4.03. The highest BCUT2D eigenvalue weighted by Gasteiger charge is 2.30. The van der Waals surface area contributed by atoms with E-state index in [1.165, 1.54) is 0 Å². The number of hydrogen-bond acceptors (Lipinski definition) is 6. The molecule has 0 spiro atoms. The van der Waals surface area contributed by atoms with Crippen LogP contribution in [-0.2, 0) is 20.7 Å². The molecular formula is C25H41N3O5. The Kier molecular flexibility index (Phi) is 11.5. The minimum Gasteiger partial charge on any atom is -0.444 e. The Bertz CT molecular complexity index is 761. The van der Waals surface area contributed by atoms with Crippen LogP contribution in [-0.4, -0.2) is 51.7 Å². The van der Waals surface area contributed by atoms with E-state index in [4.69, 9.17) is 4.74 Å². The van der Waals surface area contributed by atoms with Crippen molar-refractivity contribution in [3.05, 3.63) is 30.1 Å². The molecule has 2 amide bonds. The van der Waals surface area contributed by atoms with Crippen molar-refractivity contribution in [2.45, 2.75) is 97.9 Å². The molecule has 0 aliphatic heterocycles. The van der Waals surface area contributed by atoms with Crippen LogP contribution in [0.2, 0.25) is 0 Å². The lowest BCUT2D eigenvalue weighted by molar-refractivity contribution is -0.130. The number of pyridine rings is 1. The number of hydrogen-bond donors (Lipinski definition) is 3. The Hall–Kier alpha value is -2.48. The maximum atomic E-state index is 12.9. The summed E-state index contributed by atoms with van der Waals surface area (Å²) in [5, 5.41) is 16.2. The van der Waals surface area contributed by atoms with E-state index < -0.39 is 35.8 Å². The summed E-state index contributed by atoms with van der Waals surface area (Å²) in [6.45, 7) is 13.1. The van der Waals surface area contributed by atoms with E-state index >= 15 is 0 Å². The molecular weight excluding hydrogens is 422 g/mol. The number of aromatic nitrogens is 1. The van der Waals surface area contributed by atoms with Crippen LogP contribution in [0.4, 0.5) is 4.79 Å². The Balaban J connectivity index is 2.82. The topological polar surface area (TPSA) is 118 Å². The van der Waals surface area contributed by atoms with Gasteiger partial charge in [-0.05, 0) is 51.2 Å². The van der Waals surface area contributed by atoms with Gasteiger partial charge in [-0.25, -0.2) is 4.79 Å². The number of ketones is 1. The summed E-state index contributed by atoms with van der Waals surface area (Å²) in [4.78, 5) is 42.1. The van der Waals surface area contributed by atoms with Gasteiger partial charge in [0.05, 0.1) is 31.0 Å². The number of ether oxygens (including phenoxy) is 1. The average Bonchev–Trinajstić information content (AvgIpc) is 2.69. The molecule has 0 fully saturated rings. The van der Waals surface area contributed by atoms with Crippen molar-refractivity contribution < 1.29 is 24.2 Å². The molecule has 0 aliphatic rings. The van der Waals surface area contributed by atoms with Gasteiger partial charge in [-0.15, -0.1) is 0 Å². The Morgan fingerprint density at radius 3 is 2.30 bits per heavy atom. The summed E-state index contributed by atoms with van der Waals surface area (Å²) in [6.07, 6.45) is 0.923. The van der Waals surface area contributed by atoms with Gasteiger partial charge in [0.2, 0.25) is 5.91 Å². The van der Waals surface area contributed by atoms with Crippen molar-refractivity contribution >= 4 is 17.8 Å². The first-order valence-electron chi connectivity index (χ1n) is 11.7. The molecule has 0 aliphatic carbocycles. The molecule has 0 aromatic carbocycles. The zero-order valence-corrected chi connectivity index (χ0v) is 21.1. The Labute approximate surface area is 197 Å². The lowest BCUT2D eigenvalue weighted by atomic mass is 9.92. The maximum absolute atomic E-state index is 12.9. The number of rotatable bonds is 12. The highest BCUT2D eigenvalue weighted by molar-refractivity contribution is 5.90. The first kappa shape index (κ1) is 28.6. The fraction of sp³-hybridized carbons (Fsp3) is 0.680. The van der Waals surface area contributed by atoms with Crippen LogP contribution in [0.3, 0.4) is 0 Å². The minimum absolute atomic E-state index is 0.0753.